The second-order valence-corrected chi connectivity index (χ2v) is 5.05. The quantitative estimate of drug-likeness (QED) is 0.783. The molecule has 3 nitrogen and oxygen atoms in total. The van der Waals surface area contributed by atoms with Crippen molar-refractivity contribution in [2.24, 2.45) is 0 Å². The summed E-state index contributed by atoms with van der Waals surface area (Å²) in [6.45, 7) is 6.77. The van der Waals surface area contributed by atoms with Crippen LogP contribution in [-0.4, -0.2) is 36.1 Å². The molecule has 0 amide bonds. The average molecular weight is 247 g/mol. The third kappa shape index (κ3) is 3.79. The maximum atomic E-state index is 4.57. The van der Waals surface area contributed by atoms with Crippen molar-refractivity contribution in [1.82, 2.24) is 15.2 Å². The largest absolute Gasteiger partial charge is 0.314 e. The molecule has 0 saturated carbocycles. The maximum absolute atomic E-state index is 4.57. The normalized spacial score (nSPS) is 18.7. The number of unbranched alkanes of at least 4 members (excludes halogenated alkanes) is 2. The molecule has 2 heterocycles. The van der Waals surface area contributed by atoms with E-state index in [2.05, 4.69) is 34.3 Å². The Balaban J connectivity index is 2.01. The zero-order valence-corrected chi connectivity index (χ0v) is 11.4. The van der Waals surface area contributed by atoms with Crippen LogP contribution in [0.25, 0.3) is 0 Å². The fraction of sp³-hybridized carbons (Fsp3) is 0.667. The van der Waals surface area contributed by atoms with E-state index >= 15 is 0 Å². The van der Waals surface area contributed by atoms with Crippen molar-refractivity contribution in [1.29, 1.82) is 0 Å². The number of hydrogen-bond donors (Lipinski definition) is 1. The Labute approximate surface area is 111 Å². The van der Waals surface area contributed by atoms with Gasteiger partial charge in [-0.2, -0.15) is 0 Å². The minimum Gasteiger partial charge on any atom is -0.314 e. The summed E-state index contributed by atoms with van der Waals surface area (Å²) < 4.78 is 0. The number of piperazine rings is 1. The third-order valence-electron chi connectivity index (χ3n) is 3.70. The van der Waals surface area contributed by atoms with Gasteiger partial charge in [0.2, 0.25) is 0 Å². The number of nitrogens with one attached hydrogen (secondary N) is 1. The van der Waals surface area contributed by atoms with Crippen molar-refractivity contribution in [3.05, 3.63) is 30.1 Å². The van der Waals surface area contributed by atoms with Crippen LogP contribution >= 0.6 is 0 Å². The van der Waals surface area contributed by atoms with E-state index in [9.17, 15) is 0 Å². The molecule has 1 N–H and O–H groups in total. The van der Waals surface area contributed by atoms with Crippen molar-refractivity contribution >= 4 is 0 Å². The summed E-state index contributed by atoms with van der Waals surface area (Å²) in [4.78, 5) is 7.16. The topological polar surface area (TPSA) is 28.2 Å². The summed E-state index contributed by atoms with van der Waals surface area (Å²) in [6, 6.07) is 6.81. The van der Waals surface area contributed by atoms with E-state index in [1.54, 1.807) is 0 Å². The standard InChI is InChI=1S/C15H25N3/c1-2-3-4-8-15(14-7-5-6-9-17-14)18-12-10-16-11-13-18/h5-7,9,15-16H,2-4,8,10-13H2,1H3/t15-/m1/s1. The minimum atomic E-state index is 0.514. The van der Waals surface area contributed by atoms with Gasteiger partial charge in [0.25, 0.3) is 0 Å². The first-order valence-electron chi connectivity index (χ1n) is 7.27. The van der Waals surface area contributed by atoms with Crippen LogP contribution in [0.2, 0.25) is 0 Å². The van der Waals surface area contributed by atoms with Gasteiger partial charge in [-0.25, -0.2) is 0 Å². The van der Waals surface area contributed by atoms with Crippen LogP contribution in [0.5, 0.6) is 0 Å². The summed E-state index contributed by atoms with van der Waals surface area (Å²) in [5.41, 5.74) is 1.25. The molecule has 1 aromatic heterocycles. The highest BCUT2D eigenvalue weighted by molar-refractivity contribution is 5.09. The highest BCUT2D eigenvalue weighted by Gasteiger charge is 2.22. The summed E-state index contributed by atoms with van der Waals surface area (Å²) in [6.07, 6.45) is 7.09. The van der Waals surface area contributed by atoms with Crippen molar-refractivity contribution in [3.8, 4) is 0 Å². The van der Waals surface area contributed by atoms with Gasteiger partial charge in [-0.15, -0.1) is 0 Å². The van der Waals surface area contributed by atoms with Crippen LogP contribution in [0.1, 0.15) is 44.3 Å². The zero-order valence-electron chi connectivity index (χ0n) is 11.4. The molecular weight excluding hydrogens is 222 g/mol. The van der Waals surface area contributed by atoms with Gasteiger partial charge in [-0.05, 0) is 18.6 Å². The van der Waals surface area contributed by atoms with Crippen LogP contribution < -0.4 is 5.32 Å². The zero-order chi connectivity index (χ0) is 12.6. The number of nitrogens with zero attached hydrogens (tertiary/aromatic N) is 2. The molecule has 1 aromatic rings. The highest BCUT2D eigenvalue weighted by Crippen LogP contribution is 2.25. The Hall–Kier alpha value is -0.930. The predicted molar refractivity (Wildman–Crippen MR) is 75.6 cm³/mol. The Morgan fingerprint density at radius 1 is 1.28 bits per heavy atom. The van der Waals surface area contributed by atoms with Gasteiger partial charge in [0, 0.05) is 32.4 Å². The maximum Gasteiger partial charge on any atom is 0.0575 e. The first-order valence-corrected chi connectivity index (χ1v) is 7.27. The summed E-state index contributed by atoms with van der Waals surface area (Å²) >= 11 is 0. The molecule has 0 radical (unpaired) electrons. The van der Waals surface area contributed by atoms with Crippen molar-refractivity contribution in [2.45, 2.75) is 38.6 Å². The molecule has 1 aliphatic rings. The fourth-order valence-electron chi connectivity index (χ4n) is 2.67. The van der Waals surface area contributed by atoms with E-state index in [0.29, 0.717) is 6.04 Å². The lowest BCUT2D eigenvalue weighted by atomic mass is 10.0. The second kappa shape index (κ2) is 7.49. The Morgan fingerprint density at radius 3 is 2.78 bits per heavy atom. The van der Waals surface area contributed by atoms with E-state index < -0.39 is 0 Å². The molecule has 1 atom stereocenters. The third-order valence-corrected chi connectivity index (χ3v) is 3.70. The number of hydrogen-bond acceptors (Lipinski definition) is 3. The number of rotatable bonds is 6. The molecule has 0 aliphatic carbocycles. The van der Waals surface area contributed by atoms with Crippen molar-refractivity contribution in [3.63, 3.8) is 0 Å². The van der Waals surface area contributed by atoms with Gasteiger partial charge in [-0.1, -0.05) is 32.3 Å². The minimum absolute atomic E-state index is 0.514. The van der Waals surface area contributed by atoms with Gasteiger partial charge in [0.05, 0.1) is 11.7 Å². The molecule has 1 fully saturated rings. The smallest absolute Gasteiger partial charge is 0.0575 e. The molecule has 0 bridgehead atoms. The average Bonchev–Trinajstić information content (AvgIpc) is 2.46. The first kappa shape index (κ1) is 13.5. The van der Waals surface area contributed by atoms with Crippen molar-refractivity contribution in [2.75, 3.05) is 26.2 Å². The molecule has 18 heavy (non-hydrogen) atoms. The molecule has 100 valence electrons. The first-order chi connectivity index (χ1) is 8.92. The summed E-state index contributed by atoms with van der Waals surface area (Å²) in [5, 5.41) is 3.43. The molecule has 1 aliphatic heterocycles. The second-order valence-electron chi connectivity index (χ2n) is 5.05. The molecular formula is C15H25N3. The Kier molecular flexibility index (Phi) is 5.62. The summed E-state index contributed by atoms with van der Waals surface area (Å²) in [7, 11) is 0. The van der Waals surface area contributed by atoms with Gasteiger partial charge < -0.3 is 5.32 Å². The monoisotopic (exact) mass is 247 g/mol. The Morgan fingerprint density at radius 2 is 2.11 bits per heavy atom. The van der Waals surface area contributed by atoms with Crippen LogP contribution in [0.15, 0.2) is 24.4 Å². The van der Waals surface area contributed by atoms with Crippen LogP contribution in [0.3, 0.4) is 0 Å². The molecule has 2 rings (SSSR count). The van der Waals surface area contributed by atoms with Crippen LogP contribution in [0.4, 0.5) is 0 Å². The predicted octanol–water partition coefficient (Wildman–Crippen LogP) is 2.61. The van der Waals surface area contributed by atoms with Gasteiger partial charge in [-0.3, -0.25) is 9.88 Å². The molecule has 1 saturated heterocycles. The van der Waals surface area contributed by atoms with Crippen LogP contribution in [-0.2, 0) is 0 Å². The van der Waals surface area contributed by atoms with Gasteiger partial charge in [0.1, 0.15) is 0 Å². The van der Waals surface area contributed by atoms with E-state index in [1.807, 2.05) is 12.3 Å². The lowest BCUT2D eigenvalue weighted by molar-refractivity contribution is 0.159. The Bertz CT molecular complexity index is 320. The summed E-state index contributed by atoms with van der Waals surface area (Å²) in [5.74, 6) is 0. The molecule has 0 aromatic carbocycles. The van der Waals surface area contributed by atoms with Gasteiger partial charge in [0.15, 0.2) is 0 Å². The highest BCUT2D eigenvalue weighted by atomic mass is 15.2. The molecule has 0 spiro atoms. The SMILES string of the molecule is CCCCC[C@H](c1ccccn1)N1CCNCC1. The van der Waals surface area contributed by atoms with E-state index in [4.69, 9.17) is 0 Å². The van der Waals surface area contributed by atoms with E-state index in [-0.39, 0.29) is 0 Å². The number of pyridine rings is 1. The van der Waals surface area contributed by atoms with Crippen molar-refractivity contribution < 1.29 is 0 Å². The molecule has 0 unspecified atom stereocenters. The fourth-order valence-corrected chi connectivity index (χ4v) is 2.67. The van der Waals surface area contributed by atoms with Gasteiger partial charge >= 0.3 is 0 Å². The van der Waals surface area contributed by atoms with E-state index in [1.165, 1.54) is 31.4 Å². The number of aromatic nitrogens is 1. The lowest BCUT2D eigenvalue weighted by Gasteiger charge is -2.34. The lowest BCUT2D eigenvalue weighted by Crippen LogP contribution is -2.45. The van der Waals surface area contributed by atoms with Crippen LogP contribution in [0, 0.1) is 0 Å². The van der Waals surface area contributed by atoms with E-state index in [0.717, 1.165) is 26.2 Å². The molecule has 3 heteroatoms.